The summed E-state index contributed by atoms with van der Waals surface area (Å²) in [4.78, 5) is 17.3. The second kappa shape index (κ2) is 10.2. The van der Waals surface area contributed by atoms with Gasteiger partial charge >= 0.3 is 0 Å². The lowest BCUT2D eigenvalue weighted by Gasteiger charge is -2.10. The number of carbonyl (C=O) groups excluding carboxylic acids is 1. The summed E-state index contributed by atoms with van der Waals surface area (Å²) in [7, 11) is 0. The van der Waals surface area contributed by atoms with Gasteiger partial charge in [-0.3, -0.25) is 4.79 Å². The maximum absolute atomic E-state index is 12.5. The lowest BCUT2D eigenvalue weighted by atomic mass is 10.1. The number of ether oxygens (including phenoxy) is 1. The van der Waals surface area contributed by atoms with Gasteiger partial charge in [0, 0.05) is 12.6 Å². The van der Waals surface area contributed by atoms with Gasteiger partial charge in [-0.15, -0.1) is 0 Å². The van der Waals surface area contributed by atoms with Crippen molar-refractivity contribution in [3.8, 4) is 5.75 Å². The molecule has 1 aromatic heterocycles. The molecule has 0 aliphatic carbocycles. The third kappa shape index (κ3) is 5.89. The Morgan fingerprint density at radius 1 is 1.06 bits per heavy atom. The Kier molecular flexibility index (Phi) is 6.89. The van der Waals surface area contributed by atoms with Gasteiger partial charge in [0.1, 0.15) is 11.6 Å². The molecule has 0 unspecified atom stereocenters. The molecular formula is C28H29N3O2. The highest BCUT2D eigenvalue weighted by molar-refractivity contribution is 5.91. The Morgan fingerprint density at radius 2 is 1.85 bits per heavy atom. The Hall–Kier alpha value is -3.86. The number of imidazole rings is 1. The van der Waals surface area contributed by atoms with Crippen LogP contribution in [0.4, 0.5) is 0 Å². The van der Waals surface area contributed by atoms with Crippen molar-refractivity contribution in [1.82, 2.24) is 14.9 Å². The number of aryl methyl sites for hydroxylation is 1. The summed E-state index contributed by atoms with van der Waals surface area (Å²) in [6.07, 6.45) is 3.44. The molecule has 0 aliphatic rings. The third-order valence-corrected chi connectivity index (χ3v) is 5.27. The molecule has 0 bridgehead atoms. The zero-order valence-corrected chi connectivity index (χ0v) is 19.3. The minimum absolute atomic E-state index is 0.103. The molecule has 0 fully saturated rings. The second-order valence-electron chi connectivity index (χ2n) is 8.38. The molecule has 0 saturated carbocycles. The summed E-state index contributed by atoms with van der Waals surface area (Å²) in [6.45, 7) is 7.10. The summed E-state index contributed by atoms with van der Waals surface area (Å²) in [5, 5.41) is 2.97. The highest BCUT2D eigenvalue weighted by Crippen LogP contribution is 2.19. The van der Waals surface area contributed by atoms with E-state index in [0.29, 0.717) is 13.1 Å². The number of rotatable bonds is 8. The van der Waals surface area contributed by atoms with Gasteiger partial charge in [0.05, 0.1) is 23.7 Å². The molecule has 1 amide bonds. The van der Waals surface area contributed by atoms with E-state index >= 15 is 0 Å². The fourth-order valence-corrected chi connectivity index (χ4v) is 3.67. The van der Waals surface area contributed by atoms with E-state index < -0.39 is 0 Å². The normalized spacial score (nSPS) is 11.4. The van der Waals surface area contributed by atoms with Gasteiger partial charge in [-0.25, -0.2) is 4.98 Å². The van der Waals surface area contributed by atoms with Gasteiger partial charge in [0.25, 0.3) is 0 Å². The lowest BCUT2D eigenvalue weighted by Crippen LogP contribution is -2.23. The van der Waals surface area contributed by atoms with Crippen molar-refractivity contribution in [2.45, 2.75) is 40.0 Å². The van der Waals surface area contributed by atoms with Crippen molar-refractivity contribution in [2.75, 3.05) is 0 Å². The number of para-hydroxylation sites is 2. The highest BCUT2D eigenvalue weighted by atomic mass is 16.5. The molecule has 0 atom stereocenters. The molecule has 0 radical (unpaired) electrons. The molecule has 4 rings (SSSR count). The molecular weight excluding hydrogens is 410 g/mol. The first-order valence-electron chi connectivity index (χ1n) is 11.2. The molecule has 4 aromatic rings. The molecule has 0 spiro atoms. The first kappa shape index (κ1) is 22.3. The quantitative estimate of drug-likeness (QED) is 0.368. The Balaban J connectivity index is 1.47. The van der Waals surface area contributed by atoms with Crippen LogP contribution in [0.5, 0.6) is 5.75 Å². The Morgan fingerprint density at radius 3 is 2.64 bits per heavy atom. The molecule has 0 aliphatic heterocycles. The smallest absolute Gasteiger partial charge is 0.244 e. The molecule has 5 heteroatoms. The Labute approximate surface area is 194 Å². The second-order valence-corrected chi connectivity index (χ2v) is 8.38. The van der Waals surface area contributed by atoms with Crippen LogP contribution < -0.4 is 10.1 Å². The number of nitrogens with one attached hydrogen (secondary N) is 1. The minimum Gasteiger partial charge on any atom is -0.491 e. The standard InChI is InChI=1S/C28H29N3O2/c1-20(2)33-24-8-6-7-22(17-24)15-16-28(32)29-18-27-30-25-9-4-5-10-26(25)31(27)19-23-13-11-21(3)12-14-23/h4-17,20H,18-19H2,1-3H3,(H,29,32)/b16-15+. The lowest BCUT2D eigenvalue weighted by molar-refractivity contribution is -0.116. The monoisotopic (exact) mass is 439 g/mol. The fourth-order valence-electron chi connectivity index (χ4n) is 3.67. The van der Waals surface area contributed by atoms with Crippen molar-refractivity contribution in [2.24, 2.45) is 0 Å². The van der Waals surface area contributed by atoms with Gasteiger partial charge in [-0.2, -0.15) is 0 Å². The molecule has 33 heavy (non-hydrogen) atoms. The fraction of sp³-hybridized carbons (Fsp3) is 0.214. The molecule has 1 N–H and O–H groups in total. The maximum Gasteiger partial charge on any atom is 0.244 e. The number of amides is 1. The zero-order chi connectivity index (χ0) is 23.2. The van der Waals surface area contributed by atoms with Gasteiger partial charge < -0.3 is 14.6 Å². The zero-order valence-electron chi connectivity index (χ0n) is 19.3. The van der Waals surface area contributed by atoms with Crippen molar-refractivity contribution >= 4 is 23.0 Å². The van der Waals surface area contributed by atoms with Gasteiger partial charge in [-0.05, 0) is 62.2 Å². The number of benzene rings is 3. The van der Waals surface area contributed by atoms with Crippen LogP contribution in [0.1, 0.15) is 36.4 Å². The van der Waals surface area contributed by atoms with E-state index in [2.05, 4.69) is 47.1 Å². The van der Waals surface area contributed by atoms with Crippen molar-refractivity contribution in [1.29, 1.82) is 0 Å². The van der Waals surface area contributed by atoms with Crippen LogP contribution in [-0.4, -0.2) is 21.6 Å². The van der Waals surface area contributed by atoms with Crippen LogP contribution in [0.3, 0.4) is 0 Å². The molecule has 168 valence electrons. The SMILES string of the molecule is Cc1ccc(Cn2c(CNC(=O)/C=C/c3cccc(OC(C)C)c3)nc3ccccc32)cc1. The van der Waals surface area contributed by atoms with E-state index in [4.69, 9.17) is 9.72 Å². The first-order chi connectivity index (χ1) is 16.0. The predicted octanol–water partition coefficient (Wildman–Crippen LogP) is 5.51. The third-order valence-electron chi connectivity index (χ3n) is 5.27. The number of carbonyl (C=O) groups is 1. The minimum atomic E-state index is -0.167. The molecule has 5 nitrogen and oxygen atoms in total. The van der Waals surface area contributed by atoms with Crippen molar-refractivity contribution < 1.29 is 9.53 Å². The summed E-state index contributed by atoms with van der Waals surface area (Å²) in [5.41, 5.74) is 5.32. The van der Waals surface area contributed by atoms with Crippen LogP contribution >= 0.6 is 0 Å². The summed E-state index contributed by atoms with van der Waals surface area (Å²) < 4.78 is 7.88. The van der Waals surface area contributed by atoms with Gasteiger partial charge in [0.2, 0.25) is 5.91 Å². The largest absolute Gasteiger partial charge is 0.491 e. The molecule has 1 heterocycles. The number of hydrogen-bond acceptors (Lipinski definition) is 3. The van der Waals surface area contributed by atoms with Crippen LogP contribution in [-0.2, 0) is 17.9 Å². The van der Waals surface area contributed by atoms with Gasteiger partial charge in [0.15, 0.2) is 0 Å². The average molecular weight is 440 g/mol. The highest BCUT2D eigenvalue weighted by Gasteiger charge is 2.11. The Bertz CT molecular complexity index is 1270. The van der Waals surface area contributed by atoms with E-state index in [0.717, 1.165) is 28.2 Å². The number of hydrogen-bond donors (Lipinski definition) is 1. The predicted molar refractivity (Wildman–Crippen MR) is 133 cm³/mol. The van der Waals surface area contributed by atoms with Crippen molar-refractivity contribution in [3.05, 3.63) is 101 Å². The molecule has 0 saturated heterocycles. The first-order valence-corrected chi connectivity index (χ1v) is 11.2. The van der Waals surface area contributed by atoms with Crippen LogP contribution in [0.2, 0.25) is 0 Å². The topological polar surface area (TPSA) is 56.2 Å². The van der Waals surface area contributed by atoms with Crippen molar-refractivity contribution in [3.63, 3.8) is 0 Å². The van der Waals surface area contributed by atoms with E-state index in [1.165, 1.54) is 11.1 Å². The molecule has 3 aromatic carbocycles. The van der Waals surface area contributed by atoms with E-state index in [-0.39, 0.29) is 12.0 Å². The summed E-state index contributed by atoms with van der Waals surface area (Å²) in [5.74, 6) is 1.45. The van der Waals surface area contributed by atoms with Crippen LogP contribution in [0.25, 0.3) is 17.1 Å². The van der Waals surface area contributed by atoms with E-state index in [9.17, 15) is 4.79 Å². The number of aromatic nitrogens is 2. The number of nitrogens with zero attached hydrogens (tertiary/aromatic N) is 2. The average Bonchev–Trinajstić information content (AvgIpc) is 3.15. The number of fused-ring (bicyclic) bond motifs is 1. The summed E-state index contributed by atoms with van der Waals surface area (Å²) >= 11 is 0. The summed E-state index contributed by atoms with van der Waals surface area (Å²) in [6, 6.07) is 24.2. The van der Waals surface area contributed by atoms with Crippen LogP contribution in [0.15, 0.2) is 78.9 Å². The maximum atomic E-state index is 12.5. The van der Waals surface area contributed by atoms with E-state index in [1.54, 1.807) is 12.2 Å². The van der Waals surface area contributed by atoms with Gasteiger partial charge in [-0.1, -0.05) is 54.1 Å². The van der Waals surface area contributed by atoms with E-state index in [1.807, 2.05) is 56.3 Å². The van der Waals surface area contributed by atoms with Crippen LogP contribution in [0, 0.1) is 6.92 Å².